The van der Waals surface area contributed by atoms with Crippen molar-refractivity contribution in [1.82, 2.24) is 10.3 Å². The maximum Gasteiger partial charge on any atom is 0.224 e. The molecule has 1 N–H and O–H groups in total. The van der Waals surface area contributed by atoms with Crippen molar-refractivity contribution in [3.05, 3.63) is 63.1 Å². The zero-order valence-electron chi connectivity index (χ0n) is 11.3. The van der Waals surface area contributed by atoms with Gasteiger partial charge < -0.3 is 5.32 Å². The average Bonchev–Trinajstić information content (AvgIpc) is 3.19. The van der Waals surface area contributed by atoms with E-state index in [1.54, 1.807) is 28.9 Å². The molecule has 5 heteroatoms. The Labute approximate surface area is 131 Å². The van der Waals surface area contributed by atoms with Crippen molar-refractivity contribution in [1.29, 1.82) is 0 Å². The summed E-state index contributed by atoms with van der Waals surface area (Å²) in [7, 11) is 0. The lowest BCUT2D eigenvalue weighted by Crippen LogP contribution is -2.24. The Hall–Kier alpha value is -1.98. The zero-order chi connectivity index (χ0) is 14.5. The van der Waals surface area contributed by atoms with Crippen molar-refractivity contribution in [3.8, 4) is 11.3 Å². The Bertz CT molecular complexity index is 706. The molecule has 0 fully saturated rings. The third kappa shape index (κ3) is 3.77. The zero-order valence-corrected chi connectivity index (χ0v) is 12.9. The molecule has 3 heterocycles. The summed E-state index contributed by atoms with van der Waals surface area (Å²) in [5, 5.41) is 11.0. The highest BCUT2D eigenvalue weighted by molar-refractivity contribution is 7.08. The molecule has 0 bridgehead atoms. The first-order chi connectivity index (χ1) is 10.3. The van der Waals surface area contributed by atoms with E-state index in [-0.39, 0.29) is 5.91 Å². The van der Waals surface area contributed by atoms with Crippen LogP contribution in [0, 0.1) is 0 Å². The number of pyridine rings is 1. The number of carbonyl (C=O) groups excluding carboxylic acids is 1. The van der Waals surface area contributed by atoms with Gasteiger partial charge in [-0.1, -0.05) is 0 Å². The van der Waals surface area contributed by atoms with E-state index < -0.39 is 0 Å². The van der Waals surface area contributed by atoms with Gasteiger partial charge in [0.05, 0.1) is 12.1 Å². The van der Waals surface area contributed by atoms with Crippen molar-refractivity contribution in [3.63, 3.8) is 0 Å². The van der Waals surface area contributed by atoms with Gasteiger partial charge in [0, 0.05) is 23.7 Å². The smallest absolute Gasteiger partial charge is 0.224 e. The first-order valence-corrected chi connectivity index (χ1v) is 8.45. The van der Waals surface area contributed by atoms with Gasteiger partial charge in [0.2, 0.25) is 5.91 Å². The van der Waals surface area contributed by atoms with Gasteiger partial charge in [0.15, 0.2) is 0 Å². The monoisotopic (exact) mass is 314 g/mol. The molecule has 3 nitrogen and oxygen atoms in total. The van der Waals surface area contributed by atoms with E-state index in [0.29, 0.717) is 13.0 Å². The molecule has 0 radical (unpaired) electrons. The second-order valence-electron chi connectivity index (χ2n) is 4.65. The number of amides is 1. The third-order valence-corrected chi connectivity index (χ3v) is 4.49. The number of hydrogen-bond donors (Lipinski definition) is 1. The second kappa shape index (κ2) is 6.65. The minimum atomic E-state index is 0.0438. The standard InChI is InChI=1S/C16H14N2OS2/c19-16(8-13-2-5-20-10-13)18-9-12-1-4-17-15(7-12)14-3-6-21-11-14/h1-7,10-11H,8-9H2,(H,18,19). The van der Waals surface area contributed by atoms with Gasteiger partial charge in [-0.15, -0.1) is 0 Å². The average molecular weight is 314 g/mol. The summed E-state index contributed by atoms with van der Waals surface area (Å²) in [6, 6.07) is 7.98. The van der Waals surface area contributed by atoms with Gasteiger partial charge in [-0.25, -0.2) is 0 Å². The molecule has 0 saturated carbocycles. The van der Waals surface area contributed by atoms with Crippen molar-refractivity contribution < 1.29 is 4.79 Å². The Morgan fingerprint density at radius 2 is 1.95 bits per heavy atom. The minimum Gasteiger partial charge on any atom is -0.352 e. The fourth-order valence-corrected chi connectivity index (χ4v) is 3.31. The number of rotatable bonds is 5. The normalized spacial score (nSPS) is 10.5. The molecule has 106 valence electrons. The lowest BCUT2D eigenvalue weighted by molar-refractivity contribution is -0.120. The highest BCUT2D eigenvalue weighted by atomic mass is 32.1. The molecule has 21 heavy (non-hydrogen) atoms. The number of nitrogens with zero attached hydrogens (tertiary/aromatic N) is 1. The number of hydrogen-bond acceptors (Lipinski definition) is 4. The Kier molecular flexibility index (Phi) is 4.43. The van der Waals surface area contributed by atoms with E-state index in [1.807, 2.05) is 40.4 Å². The summed E-state index contributed by atoms with van der Waals surface area (Å²) in [5.41, 5.74) is 4.18. The topological polar surface area (TPSA) is 42.0 Å². The fraction of sp³-hybridized carbons (Fsp3) is 0.125. The van der Waals surface area contributed by atoms with E-state index >= 15 is 0 Å². The Morgan fingerprint density at radius 3 is 2.71 bits per heavy atom. The summed E-state index contributed by atoms with van der Waals surface area (Å²) in [6.45, 7) is 0.530. The lowest BCUT2D eigenvalue weighted by Gasteiger charge is -2.06. The summed E-state index contributed by atoms with van der Waals surface area (Å²) in [5.74, 6) is 0.0438. The SMILES string of the molecule is O=C(Cc1ccsc1)NCc1ccnc(-c2ccsc2)c1. The summed E-state index contributed by atoms with van der Waals surface area (Å²) >= 11 is 3.26. The van der Waals surface area contributed by atoms with Crippen LogP contribution in [0.25, 0.3) is 11.3 Å². The van der Waals surface area contributed by atoms with Gasteiger partial charge in [-0.3, -0.25) is 9.78 Å². The molecule has 0 spiro atoms. The van der Waals surface area contributed by atoms with Crippen LogP contribution in [0.3, 0.4) is 0 Å². The summed E-state index contributed by atoms with van der Waals surface area (Å²) < 4.78 is 0. The van der Waals surface area contributed by atoms with E-state index in [1.165, 1.54) is 0 Å². The van der Waals surface area contributed by atoms with Crippen molar-refractivity contribution in [2.45, 2.75) is 13.0 Å². The number of nitrogens with one attached hydrogen (secondary N) is 1. The lowest BCUT2D eigenvalue weighted by atomic mass is 10.1. The molecule has 0 aliphatic rings. The maximum atomic E-state index is 11.9. The van der Waals surface area contributed by atoms with E-state index in [0.717, 1.165) is 22.4 Å². The quantitative estimate of drug-likeness (QED) is 0.779. The Balaban J connectivity index is 1.60. The highest BCUT2D eigenvalue weighted by Crippen LogP contribution is 2.20. The van der Waals surface area contributed by atoms with Gasteiger partial charge in [0.25, 0.3) is 0 Å². The minimum absolute atomic E-state index is 0.0438. The molecule has 0 unspecified atom stereocenters. The van der Waals surface area contributed by atoms with Crippen molar-refractivity contribution >= 4 is 28.6 Å². The second-order valence-corrected chi connectivity index (χ2v) is 6.21. The molecule has 0 atom stereocenters. The first-order valence-electron chi connectivity index (χ1n) is 6.56. The fourth-order valence-electron chi connectivity index (χ4n) is 1.99. The molecule has 0 aliphatic carbocycles. The van der Waals surface area contributed by atoms with Gasteiger partial charge in [0.1, 0.15) is 0 Å². The predicted octanol–water partition coefficient (Wildman–Crippen LogP) is 3.73. The van der Waals surface area contributed by atoms with Crippen molar-refractivity contribution in [2.24, 2.45) is 0 Å². The molecular formula is C16H14N2OS2. The van der Waals surface area contributed by atoms with Crippen LogP contribution in [0.2, 0.25) is 0 Å². The van der Waals surface area contributed by atoms with Gasteiger partial charge >= 0.3 is 0 Å². The molecule has 1 amide bonds. The van der Waals surface area contributed by atoms with E-state index in [9.17, 15) is 4.79 Å². The molecule has 3 rings (SSSR count). The van der Waals surface area contributed by atoms with E-state index in [2.05, 4.69) is 15.7 Å². The van der Waals surface area contributed by atoms with Crippen LogP contribution in [0.4, 0.5) is 0 Å². The predicted molar refractivity (Wildman–Crippen MR) is 87.4 cm³/mol. The molecule has 0 aliphatic heterocycles. The molecule has 0 aromatic carbocycles. The number of thiophene rings is 2. The van der Waals surface area contributed by atoms with Crippen LogP contribution in [-0.2, 0) is 17.8 Å². The maximum absolute atomic E-state index is 11.9. The number of aromatic nitrogens is 1. The van der Waals surface area contributed by atoms with Crippen LogP contribution < -0.4 is 5.32 Å². The van der Waals surface area contributed by atoms with Crippen LogP contribution in [0.15, 0.2) is 52.0 Å². The van der Waals surface area contributed by atoms with Crippen LogP contribution in [0.1, 0.15) is 11.1 Å². The summed E-state index contributed by atoms with van der Waals surface area (Å²) in [4.78, 5) is 16.2. The van der Waals surface area contributed by atoms with Crippen LogP contribution >= 0.6 is 22.7 Å². The largest absolute Gasteiger partial charge is 0.352 e. The molecular weight excluding hydrogens is 300 g/mol. The summed E-state index contributed by atoms with van der Waals surface area (Å²) in [6.07, 6.45) is 2.22. The van der Waals surface area contributed by atoms with E-state index in [4.69, 9.17) is 0 Å². The van der Waals surface area contributed by atoms with Gasteiger partial charge in [-0.2, -0.15) is 22.7 Å². The van der Waals surface area contributed by atoms with Crippen molar-refractivity contribution in [2.75, 3.05) is 0 Å². The molecule has 3 aromatic heterocycles. The third-order valence-electron chi connectivity index (χ3n) is 3.08. The first kappa shape index (κ1) is 14.0. The van der Waals surface area contributed by atoms with Crippen LogP contribution in [-0.4, -0.2) is 10.9 Å². The van der Waals surface area contributed by atoms with Gasteiger partial charge in [-0.05, 0) is 51.5 Å². The molecule has 3 aromatic rings. The Morgan fingerprint density at radius 1 is 1.10 bits per heavy atom. The number of carbonyl (C=O) groups is 1. The molecule has 0 saturated heterocycles. The van der Waals surface area contributed by atoms with Crippen LogP contribution in [0.5, 0.6) is 0 Å². The highest BCUT2D eigenvalue weighted by Gasteiger charge is 2.05.